The largest absolute Gasteiger partial charge is 0.312 e. The number of rotatable bonds is 9. The highest BCUT2D eigenvalue weighted by Crippen LogP contribution is 2.22. The molecule has 0 aromatic rings. The molecule has 1 atom stereocenters. The van der Waals surface area contributed by atoms with Crippen molar-refractivity contribution in [1.29, 1.82) is 0 Å². The summed E-state index contributed by atoms with van der Waals surface area (Å²) in [6, 6.07) is 0.647. The molecule has 126 valence electrons. The average Bonchev–Trinajstić information content (AvgIpc) is 2.67. The normalized spacial score (nSPS) is 21.4. The smallest absolute Gasteiger partial charge is 0.0243 e. The van der Waals surface area contributed by atoms with Crippen LogP contribution in [0.2, 0.25) is 0 Å². The highest BCUT2D eigenvalue weighted by molar-refractivity contribution is 4.85. The lowest BCUT2D eigenvalue weighted by molar-refractivity contribution is 0.194. The Hall–Kier alpha value is -0.0800. The molecule has 1 fully saturated rings. The predicted octanol–water partition coefficient (Wildman–Crippen LogP) is 4.84. The Morgan fingerprint density at radius 2 is 1.57 bits per heavy atom. The highest BCUT2D eigenvalue weighted by Gasteiger charge is 2.27. The van der Waals surface area contributed by atoms with Gasteiger partial charge in [-0.3, -0.25) is 0 Å². The van der Waals surface area contributed by atoms with Crippen molar-refractivity contribution in [2.75, 3.05) is 26.2 Å². The van der Waals surface area contributed by atoms with E-state index >= 15 is 0 Å². The molecule has 1 aliphatic heterocycles. The molecule has 1 saturated heterocycles. The zero-order valence-corrected chi connectivity index (χ0v) is 15.2. The molecule has 1 aliphatic rings. The van der Waals surface area contributed by atoms with Gasteiger partial charge in [0.15, 0.2) is 0 Å². The summed E-state index contributed by atoms with van der Waals surface area (Å²) in [6.07, 6.45) is 12.7. The Morgan fingerprint density at radius 1 is 0.952 bits per heavy atom. The molecule has 1 unspecified atom stereocenters. The van der Waals surface area contributed by atoms with E-state index in [-0.39, 0.29) is 0 Å². The van der Waals surface area contributed by atoms with Gasteiger partial charge in [-0.05, 0) is 37.9 Å². The first-order valence-corrected chi connectivity index (χ1v) is 9.49. The molecule has 1 N–H and O–H groups in total. The average molecular weight is 297 g/mol. The molecule has 0 radical (unpaired) electrons. The van der Waals surface area contributed by atoms with Crippen LogP contribution in [0.1, 0.15) is 85.5 Å². The third-order valence-corrected chi connectivity index (χ3v) is 4.86. The van der Waals surface area contributed by atoms with Crippen LogP contribution in [-0.4, -0.2) is 37.1 Å². The molecule has 2 heteroatoms. The topological polar surface area (TPSA) is 15.3 Å². The predicted molar refractivity (Wildman–Crippen MR) is 94.9 cm³/mol. The Bertz CT molecular complexity index is 244. The fourth-order valence-corrected chi connectivity index (χ4v) is 3.25. The van der Waals surface area contributed by atoms with Crippen LogP contribution >= 0.6 is 0 Å². The first kappa shape index (κ1) is 19.0. The van der Waals surface area contributed by atoms with Gasteiger partial charge in [-0.25, -0.2) is 0 Å². The van der Waals surface area contributed by atoms with Gasteiger partial charge in [0.1, 0.15) is 0 Å². The molecular formula is C19H40N2. The fourth-order valence-electron chi connectivity index (χ4n) is 3.25. The van der Waals surface area contributed by atoms with Crippen LogP contribution in [0.3, 0.4) is 0 Å². The van der Waals surface area contributed by atoms with E-state index in [9.17, 15) is 0 Å². The van der Waals surface area contributed by atoms with Crippen molar-refractivity contribution >= 4 is 0 Å². The van der Waals surface area contributed by atoms with Crippen LogP contribution in [0.25, 0.3) is 0 Å². The number of nitrogens with zero attached hydrogens (tertiary/aromatic N) is 1. The molecule has 0 aromatic carbocycles. The van der Waals surface area contributed by atoms with E-state index in [1.807, 2.05) is 0 Å². The van der Waals surface area contributed by atoms with Crippen molar-refractivity contribution in [2.45, 2.75) is 91.5 Å². The first-order chi connectivity index (χ1) is 10.0. The number of hydrogen-bond donors (Lipinski definition) is 1. The van der Waals surface area contributed by atoms with E-state index in [4.69, 9.17) is 0 Å². The summed E-state index contributed by atoms with van der Waals surface area (Å²) in [5.41, 5.74) is 0.377. The second-order valence-electron chi connectivity index (χ2n) is 8.00. The van der Waals surface area contributed by atoms with Gasteiger partial charge >= 0.3 is 0 Å². The van der Waals surface area contributed by atoms with Crippen LogP contribution in [0, 0.1) is 5.41 Å². The minimum Gasteiger partial charge on any atom is -0.312 e. The Balaban J connectivity index is 2.10. The summed E-state index contributed by atoms with van der Waals surface area (Å²) in [5.74, 6) is 0. The maximum Gasteiger partial charge on any atom is 0.0243 e. The summed E-state index contributed by atoms with van der Waals surface area (Å²) in [6.45, 7) is 14.4. The van der Waals surface area contributed by atoms with E-state index in [0.29, 0.717) is 11.5 Å². The Morgan fingerprint density at radius 3 is 2.19 bits per heavy atom. The Kier molecular flexibility index (Phi) is 9.59. The summed E-state index contributed by atoms with van der Waals surface area (Å²) in [5, 5.41) is 3.74. The monoisotopic (exact) mass is 296 g/mol. The number of unbranched alkanes of at least 4 members (excludes halogenated alkanes) is 7. The quantitative estimate of drug-likeness (QED) is 0.613. The van der Waals surface area contributed by atoms with E-state index in [1.165, 1.54) is 84.0 Å². The molecule has 0 aromatic heterocycles. The van der Waals surface area contributed by atoms with Crippen molar-refractivity contribution in [3.05, 3.63) is 0 Å². The second kappa shape index (κ2) is 10.6. The lowest BCUT2D eigenvalue weighted by Gasteiger charge is -2.33. The first-order valence-electron chi connectivity index (χ1n) is 9.49. The van der Waals surface area contributed by atoms with E-state index < -0.39 is 0 Å². The van der Waals surface area contributed by atoms with Crippen LogP contribution in [-0.2, 0) is 0 Å². The van der Waals surface area contributed by atoms with Gasteiger partial charge in [0.25, 0.3) is 0 Å². The van der Waals surface area contributed by atoms with E-state index in [2.05, 4.69) is 37.9 Å². The van der Waals surface area contributed by atoms with Crippen molar-refractivity contribution in [3.63, 3.8) is 0 Å². The zero-order chi connectivity index (χ0) is 15.6. The van der Waals surface area contributed by atoms with Crippen LogP contribution < -0.4 is 5.32 Å². The summed E-state index contributed by atoms with van der Waals surface area (Å²) < 4.78 is 0. The van der Waals surface area contributed by atoms with Crippen LogP contribution in [0.4, 0.5) is 0 Å². The molecule has 0 aliphatic carbocycles. The van der Waals surface area contributed by atoms with Gasteiger partial charge in [0.2, 0.25) is 0 Å². The summed E-state index contributed by atoms with van der Waals surface area (Å²) >= 11 is 0. The van der Waals surface area contributed by atoms with Gasteiger partial charge in [-0.2, -0.15) is 0 Å². The van der Waals surface area contributed by atoms with E-state index in [0.717, 1.165) is 0 Å². The molecule has 1 rings (SSSR count). The van der Waals surface area contributed by atoms with E-state index in [1.54, 1.807) is 0 Å². The molecular weight excluding hydrogens is 256 g/mol. The lowest BCUT2D eigenvalue weighted by atomic mass is 9.86. The molecule has 2 nitrogen and oxygen atoms in total. The molecule has 0 spiro atoms. The molecule has 0 saturated carbocycles. The second-order valence-corrected chi connectivity index (χ2v) is 8.00. The minimum absolute atomic E-state index is 0.377. The standard InChI is InChI=1S/C19H40N2/c1-5-6-7-8-9-10-11-12-15-21-16-13-14-20-18(17-21)19(2,3)4/h18,20H,5-17H2,1-4H3. The van der Waals surface area contributed by atoms with Gasteiger partial charge in [-0.15, -0.1) is 0 Å². The number of hydrogen-bond acceptors (Lipinski definition) is 2. The third-order valence-electron chi connectivity index (χ3n) is 4.86. The lowest BCUT2D eigenvalue weighted by Crippen LogP contribution is -2.46. The van der Waals surface area contributed by atoms with Crippen molar-refractivity contribution < 1.29 is 0 Å². The van der Waals surface area contributed by atoms with Crippen molar-refractivity contribution in [2.24, 2.45) is 5.41 Å². The maximum absolute atomic E-state index is 3.74. The van der Waals surface area contributed by atoms with Crippen LogP contribution in [0.15, 0.2) is 0 Å². The van der Waals surface area contributed by atoms with Crippen LogP contribution in [0.5, 0.6) is 0 Å². The minimum atomic E-state index is 0.377. The number of nitrogens with one attached hydrogen (secondary N) is 1. The Labute approximate surface area is 134 Å². The fraction of sp³-hybridized carbons (Fsp3) is 1.00. The van der Waals surface area contributed by atoms with Crippen molar-refractivity contribution in [3.8, 4) is 0 Å². The molecule has 1 heterocycles. The maximum atomic E-state index is 3.74. The molecule has 21 heavy (non-hydrogen) atoms. The zero-order valence-electron chi connectivity index (χ0n) is 15.2. The summed E-state index contributed by atoms with van der Waals surface area (Å²) in [4.78, 5) is 2.70. The van der Waals surface area contributed by atoms with Crippen molar-refractivity contribution in [1.82, 2.24) is 10.2 Å². The summed E-state index contributed by atoms with van der Waals surface area (Å²) in [7, 11) is 0. The SMILES string of the molecule is CCCCCCCCCCN1CCCNC(C(C)(C)C)C1. The van der Waals surface area contributed by atoms with Gasteiger partial charge in [-0.1, -0.05) is 72.6 Å². The highest BCUT2D eigenvalue weighted by atomic mass is 15.2. The van der Waals surface area contributed by atoms with Gasteiger partial charge in [0.05, 0.1) is 0 Å². The van der Waals surface area contributed by atoms with Gasteiger partial charge in [0, 0.05) is 12.6 Å². The molecule has 0 amide bonds. The van der Waals surface area contributed by atoms with Gasteiger partial charge < -0.3 is 10.2 Å². The third kappa shape index (κ3) is 8.83. The molecule has 0 bridgehead atoms.